The van der Waals surface area contributed by atoms with Gasteiger partial charge in [0.25, 0.3) is 5.91 Å². The molecule has 2 N–H and O–H groups in total. The molecule has 0 aromatic heterocycles. The number of ether oxygens (including phenoxy) is 1. The molecule has 0 aliphatic carbocycles. The number of benzene rings is 1. The molecule has 1 heterocycles. The van der Waals surface area contributed by atoms with Gasteiger partial charge in [-0.3, -0.25) is 4.79 Å². The largest absolute Gasteiger partial charge is 0.477 e. The van der Waals surface area contributed by atoms with Gasteiger partial charge in [-0.1, -0.05) is 6.08 Å². The third-order valence-corrected chi connectivity index (χ3v) is 3.99. The van der Waals surface area contributed by atoms with Crippen LogP contribution in [0.1, 0.15) is 23.7 Å². The number of rotatable bonds is 6. The van der Waals surface area contributed by atoms with Crippen LogP contribution in [-0.2, 0) is 4.79 Å². The molecule has 1 unspecified atom stereocenters. The molecular weight excluding hydrogens is 321 g/mol. The average Bonchev–Trinajstić information content (AvgIpc) is 2.99. The number of aliphatic carboxylic acids is 1. The van der Waals surface area contributed by atoms with E-state index in [1.807, 2.05) is 11.5 Å². The van der Waals surface area contributed by atoms with Crippen molar-refractivity contribution in [2.75, 3.05) is 0 Å². The van der Waals surface area contributed by atoms with Crippen molar-refractivity contribution >= 4 is 23.6 Å². The minimum absolute atomic E-state index is 0.00298. The van der Waals surface area contributed by atoms with Gasteiger partial charge in [0, 0.05) is 17.7 Å². The zero-order valence-corrected chi connectivity index (χ0v) is 13.2. The zero-order chi connectivity index (χ0) is 16.8. The molecule has 1 aromatic carbocycles. The molecule has 23 heavy (non-hydrogen) atoms. The predicted molar refractivity (Wildman–Crippen MR) is 86.0 cm³/mol. The van der Waals surface area contributed by atoms with Crippen molar-refractivity contribution in [2.24, 2.45) is 0 Å². The Bertz CT molecular complexity index is 632. The van der Waals surface area contributed by atoms with Crippen LogP contribution in [0.2, 0.25) is 0 Å². The van der Waals surface area contributed by atoms with E-state index in [-0.39, 0.29) is 16.5 Å². The molecule has 1 amide bonds. The summed E-state index contributed by atoms with van der Waals surface area (Å²) in [7, 11) is 0. The third kappa shape index (κ3) is 5.14. The van der Waals surface area contributed by atoms with Gasteiger partial charge in [0.05, 0.1) is 0 Å². The highest BCUT2D eigenvalue weighted by Gasteiger charge is 2.17. The topological polar surface area (TPSA) is 75.6 Å². The number of alkyl halides is 1. The summed E-state index contributed by atoms with van der Waals surface area (Å²) in [6.45, 7) is 1.25. The molecule has 2 rings (SSSR count). The second kappa shape index (κ2) is 7.82. The molecule has 0 spiro atoms. The normalized spacial score (nSPS) is 18.5. The van der Waals surface area contributed by atoms with Crippen LogP contribution in [-0.4, -0.2) is 28.6 Å². The van der Waals surface area contributed by atoms with Crippen LogP contribution in [0.4, 0.5) is 4.39 Å². The number of amides is 1. The zero-order valence-electron chi connectivity index (χ0n) is 12.4. The predicted octanol–water partition coefficient (Wildman–Crippen LogP) is 3.10. The van der Waals surface area contributed by atoms with E-state index in [4.69, 9.17) is 4.74 Å². The lowest BCUT2D eigenvalue weighted by molar-refractivity contribution is -0.133. The Morgan fingerprint density at radius 2 is 2.13 bits per heavy atom. The minimum Gasteiger partial charge on any atom is -0.477 e. The Kier molecular flexibility index (Phi) is 5.81. The summed E-state index contributed by atoms with van der Waals surface area (Å²) in [6.07, 6.45) is 2.74. The van der Waals surface area contributed by atoms with E-state index < -0.39 is 18.2 Å². The van der Waals surface area contributed by atoms with Crippen molar-refractivity contribution in [1.29, 1.82) is 0 Å². The van der Waals surface area contributed by atoms with Crippen molar-refractivity contribution in [3.8, 4) is 5.75 Å². The lowest BCUT2D eigenvalue weighted by Crippen LogP contribution is -2.28. The first-order valence-electron chi connectivity index (χ1n) is 6.93. The molecule has 2 atom stereocenters. The number of halogens is 1. The summed E-state index contributed by atoms with van der Waals surface area (Å²) in [6, 6.07) is 5.79. The lowest BCUT2D eigenvalue weighted by Gasteiger charge is -2.10. The van der Waals surface area contributed by atoms with E-state index in [1.165, 1.54) is 49.0 Å². The number of carbonyl (C=O) groups excluding carboxylic acids is 1. The molecule has 0 saturated heterocycles. The van der Waals surface area contributed by atoms with E-state index in [0.29, 0.717) is 5.75 Å². The van der Waals surface area contributed by atoms with Gasteiger partial charge >= 0.3 is 5.97 Å². The molecule has 122 valence electrons. The summed E-state index contributed by atoms with van der Waals surface area (Å²) < 4.78 is 17.6. The van der Waals surface area contributed by atoms with Gasteiger partial charge in [0.2, 0.25) is 6.36 Å². The third-order valence-electron chi connectivity index (χ3n) is 2.96. The Labute approximate surface area is 137 Å². The van der Waals surface area contributed by atoms with Crippen LogP contribution in [0.25, 0.3) is 0 Å². The highest BCUT2D eigenvalue weighted by molar-refractivity contribution is 8.03. The molecule has 0 fully saturated rings. The SMILES string of the molecule is C[C@@H](F)Oc1ccc(C(=O)N/C(=C/C2CC=CS2)C(=O)O)cc1. The fourth-order valence-corrected chi connectivity index (χ4v) is 2.79. The highest BCUT2D eigenvalue weighted by Crippen LogP contribution is 2.25. The van der Waals surface area contributed by atoms with E-state index in [1.54, 1.807) is 0 Å². The van der Waals surface area contributed by atoms with Crippen LogP contribution in [0, 0.1) is 0 Å². The number of carbonyl (C=O) groups is 2. The van der Waals surface area contributed by atoms with E-state index in [9.17, 15) is 19.1 Å². The Morgan fingerprint density at radius 1 is 1.43 bits per heavy atom. The first-order chi connectivity index (χ1) is 11.0. The smallest absolute Gasteiger partial charge is 0.352 e. The molecule has 7 heteroatoms. The molecule has 0 saturated carbocycles. The molecular formula is C16H16FNO4S. The summed E-state index contributed by atoms with van der Waals surface area (Å²) in [4.78, 5) is 23.4. The van der Waals surface area contributed by atoms with Gasteiger partial charge < -0.3 is 15.2 Å². The standard InChI is InChI=1S/C16H16FNO4S/c1-10(17)22-12-6-4-11(5-7-12)15(19)18-14(16(20)21)9-13-3-2-8-23-13/h2,4-10,13H,3H2,1H3,(H,18,19)(H,20,21)/b14-9+/t10-,13?/m0/s1. The second-order valence-electron chi connectivity index (χ2n) is 4.81. The summed E-state index contributed by atoms with van der Waals surface area (Å²) in [5.41, 5.74) is 0.0992. The van der Waals surface area contributed by atoms with Crippen molar-refractivity contribution < 1.29 is 23.8 Å². The fraction of sp³-hybridized carbons (Fsp3) is 0.250. The number of carboxylic acid groups (broad SMARTS) is 1. The van der Waals surface area contributed by atoms with Gasteiger partial charge in [-0.2, -0.15) is 0 Å². The number of nitrogens with one attached hydrogen (secondary N) is 1. The Balaban J connectivity index is 2.05. The fourth-order valence-electron chi connectivity index (χ4n) is 1.93. The van der Waals surface area contributed by atoms with Crippen LogP contribution >= 0.6 is 11.8 Å². The summed E-state index contributed by atoms with van der Waals surface area (Å²) in [5.74, 6) is -1.45. The number of allylic oxidation sites excluding steroid dienone is 1. The van der Waals surface area contributed by atoms with Gasteiger partial charge in [-0.15, -0.1) is 11.8 Å². The molecule has 1 aliphatic heterocycles. The van der Waals surface area contributed by atoms with Crippen molar-refractivity contribution in [1.82, 2.24) is 5.32 Å². The average molecular weight is 337 g/mol. The van der Waals surface area contributed by atoms with Crippen LogP contribution in [0.15, 0.2) is 47.5 Å². The number of hydrogen-bond acceptors (Lipinski definition) is 4. The van der Waals surface area contributed by atoms with Crippen LogP contribution in [0.5, 0.6) is 5.75 Å². The lowest BCUT2D eigenvalue weighted by atomic mass is 10.2. The number of carboxylic acids is 1. The van der Waals surface area contributed by atoms with Gasteiger partial charge in [-0.25, -0.2) is 9.18 Å². The maximum Gasteiger partial charge on any atom is 0.352 e. The van der Waals surface area contributed by atoms with Crippen molar-refractivity contribution in [3.05, 3.63) is 53.1 Å². The number of thioether (sulfide) groups is 1. The molecule has 5 nitrogen and oxygen atoms in total. The van der Waals surface area contributed by atoms with Gasteiger partial charge in [0.1, 0.15) is 11.4 Å². The van der Waals surface area contributed by atoms with Gasteiger partial charge in [-0.05, 0) is 42.2 Å². The second-order valence-corrected chi connectivity index (χ2v) is 5.96. The molecule has 1 aliphatic rings. The van der Waals surface area contributed by atoms with Crippen molar-refractivity contribution in [3.63, 3.8) is 0 Å². The van der Waals surface area contributed by atoms with E-state index in [2.05, 4.69) is 5.32 Å². The highest BCUT2D eigenvalue weighted by atomic mass is 32.2. The molecule has 1 aromatic rings. The minimum atomic E-state index is -1.45. The number of hydrogen-bond donors (Lipinski definition) is 2. The summed E-state index contributed by atoms with van der Waals surface area (Å²) >= 11 is 1.49. The maximum absolute atomic E-state index is 12.7. The van der Waals surface area contributed by atoms with E-state index in [0.717, 1.165) is 6.42 Å². The quantitative estimate of drug-likeness (QED) is 0.780. The van der Waals surface area contributed by atoms with Crippen LogP contribution in [0.3, 0.4) is 0 Å². The summed E-state index contributed by atoms with van der Waals surface area (Å²) in [5, 5.41) is 13.5. The maximum atomic E-state index is 12.7. The Hall–Kier alpha value is -2.28. The first-order valence-corrected chi connectivity index (χ1v) is 7.87. The molecule has 0 bridgehead atoms. The van der Waals surface area contributed by atoms with Crippen molar-refractivity contribution in [2.45, 2.75) is 25.0 Å². The monoisotopic (exact) mass is 337 g/mol. The van der Waals surface area contributed by atoms with Crippen LogP contribution < -0.4 is 10.1 Å². The first kappa shape index (κ1) is 17.1. The van der Waals surface area contributed by atoms with Gasteiger partial charge in [0.15, 0.2) is 0 Å². The Morgan fingerprint density at radius 3 is 2.65 bits per heavy atom. The molecule has 0 radical (unpaired) electrons. The van der Waals surface area contributed by atoms with E-state index >= 15 is 0 Å².